The van der Waals surface area contributed by atoms with Crippen LogP contribution in [0.5, 0.6) is 5.75 Å². The summed E-state index contributed by atoms with van der Waals surface area (Å²) < 4.78 is 11.0. The summed E-state index contributed by atoms with van der Waals surface area (Å²) in [5.41, 5.74) is 4.86. The number of ether oxygens (including phenoxy) is 1. The van der Waals surface area contributed by atoms with Gasteiger partial charge in [0.25, 0.3) is 0 Å². The minimum atomic E-state index is -0.972. The molecule has 6 nitrogen and oxygen atoms in total. The monoisotopic (exact) mass is 350 g/mol. The SMILES string of the molecule is COc1ccccc1CN/N=C/c1ccc(-c2cccc(C(=O)O)c2)o1. The van der Waals surface area contributed by atoms with Crippen LogP contribution in [0.2, 0.25) is 0 Å². The number of nitrogens with zero attached hydrogens (tertiary/aromatic N) is 1. The molecule has 0 saturated heterocycles. The Morgan fingerprint density at radius 2 is 2.04 bits per heavy atom. The van der Waals surface area contributed by atoms with E-state index in [1.807, 2.05) is 24.3 Å². The van der Waals surface area contributed by atoms with Gasteiger partial charge in [-0.15, -0.1) is 0 Å². The van der Waals surface area contributed by atoms with Crippen LogP contribution >= 0.6 is 0 Å². The van der Waals surface area contributed by atoms with E-state index in [2.05, 4.69) is 10.5 Å². The highest BCUT2D eigenvalue weighted by Crippen LogP contribution is 2.22. The number of carboxylic acid groups (broad SMARTS) is 1. The summed E-state index contributed by atoms with van der Waals surface area (Å²) in [6.45, 7) is 0.523. The standard InChI is InChI=1S/C20H18N2O4/c1-25-18-8-3-2-5-16(18)12-21-22-13-17-9-10-19(26-17)14-6-4-7-15(11-14)20(23)24/h2-11,13,21H,12H2,1H3,(H,23,24)/b22-13+. The molecular weight excluding hydrogens is 332 g/mol. The summed E-state index contributed by atoms with van der Waals surface area (Å²) in [6, 6.07) is 17.9. The maximum atomic E-state index is 11.1. The van der Waals surface area contributed by atoms with E-state index in [1.54, 1.807) is 49.7 Å². The van der Waals surface area contributed by atoms with Gasteiger partial charge in [0.15, 0.2) is 0 Å². The minimum Gasteiger partial charge on any atom is -0.496 e. The van der Waals surface area contributed by atoms with Crippen molar-refractivity contribution in [1.82, 2.24) is 5.43 Å². The van der Waals surface area contributed by atoms with Crippen molar-refractivity contribution in [2.45, 2.75) is 6.54 Å². The summed E-state index contributed by atoms with van der Waals surface area (Å²) in [7, 11) is 1.63. The molecule has 2 aromatic carbocycles. The molecule has 0 saturated carbocycles. The zero-order chi connectivity index (χ0) is 18.4. The Hall–Kier alpha value is -3.54. The predicted octanol–water partition coefficient (Wildman–Crippen LogP) is 3.78. The maximum Gasteiger partial charge on any atom is 0.335 e. The van der Waals surface area contributed by atoms with Gasteiger partial charge in [-0.05, 0) is 30.3 Å². The van der Waals surface area contributed by atoms with Crippen LogP contribution in [0.1, 0.15) is 21.7 Å². The number of carboxylic acids is 1. The van der Waals surface area contributed by atoms with Gasteiger partial charge in [0.05, 0.1) is 25.4 Å². The Balaban J connectivity index is 1.64. The zero-order valence-corrected chi connectivity index (χ0v) is 14.2. The number of furan rings is 1. The number of hydrogen-bond acceptors (Lipinski definition) is 5. The van der Waals surface area contributed by atoms with Gasteiger partial charge in [0, 0.05) is 11.1 Å². The lowest BCUT2D eigenvalue weighted by Crippen LogP contribution is -2.06. The van der Waals surface area contributed by atoms with Gasteiger partial charge in [-0.2, -0.15) is 5.10 Å². The van der Waals surface area contributed by atoms with Crippen molar-refractivity contribution < 1.29 is 19.1 Å². The molecule has 1 heterocycles. The Labute approximate surface area is 150 Å². The van der Waals surface area contributed by atoms with Crippen LogP contribution in [0, 0.1) is 0 Å². The average molecular weight is 350 g/mol. The average Bonchev–Trinajstić information content (AvgIpc) is 3.14. The molecule has 0 fully saturated rings. The number of hydrazone groups is 1. The molecule has 0 aliphatic carbocycles. The molecule has 0 aliphatic rings. The first-order valence-electron chi connectivity index (χ1n) is 7.99. The van der Waals surface area contributed by atoms with Crippen molar-refractivity contribution in [3.8, 4) is 17.1 Å². The Bertz CT molecular complexity index is 931. The summed E-state index contributed by atoms with van der Waals surface area (Å²) in [4.78, 5) is 11.1. The molecule has 0 atom stereocenters. The molecule has 0 amide bonds. The molecule has 2 N–H and O–H groups in total. The molecule has 3 aromatic rings. The normalized spacial score (nSPS) is 10.8. The molecule has 0 spiro atoms. The van der Waals surface area contributed by atoms with Gasteiger partial charge in [-0.1, -0.05) is 30.3 Å². The summed E-state index contributed by atoms with van der Waals surface area (Å²) >= 11 is 0. The number of benzene rings is 2. The molecular formula is C20H18N2O4. The van der Waals surface area contributed by atoms with Crippen LogP contribution in [0.15, 0.2) is 70.2 Å². The van der Waals surface area contributed by atoms with E-state index in [9.17, 15) is 4.79 Å². The molecule has 6 heteroatoms. The largest absolute Gasteiger partial charge is 0.496 e. The Morgan fingerprint density at radius 1 is 1.19 bits per heavy atom. The van der Waals surface area contributed by atoms with E-state index < -0.39 is 5.97 Å². The molecule has 1 aromatic heterocycles. The number of nitrogens with one attached hydrogen (secondary N) is 1. The molecule has 26 heavy (non-hydrogen) atoms. The first-order chi connectivity index (χ1) is 12.7. The number of carbonyl (C=O) groups is 1. The molecule has 0 bridgehead atoms. The highest BCUT2D eigenvalue weighted by Gasteiger charge is 2.08. The third kappa shape index (κ3) is 4.10. The van der Waals surface area contributed by atoms with Crippen LogP contribution in [0.3, 0.4) is 0 Å². The summed E-state index contributed by atoms with van der Waals surface area (Å²) in [6.07, 6.45) is 1.57. The fourth-order valence-corrected chi connectivity index (χ4v) is 2.47. The number of rotatable bonds is 7. The van der Waals surface area contributed by atoms with Gasteiger partial charge < -0.3 is 19.7 Å². The number of para-hydroxylation sites is 1. The van der Waals surface area contributed by atoms with Gasteiger partial charge in [0.2, 0.25) is 0 Å². The lowest BCUT2D eigenvalue weighted by molar-refractivity contribution is 0.0697. The van der Waals surface area contributed by atoms with Gasteiger partial charge >= 0.3 is 5.97 Å². The third-order valence-corrected chi connectivity index (χ3v) is 3.77. The molecule has 3 rings (SSSR count). The third-order valence-electron chi connectivity index (χ3n) is 3.77. The molecule has 0 unspecified atom stereocenters. The fraction of sp³-hybridized carbons (Fsp3) is 0.100. The maximum absolute atomic E-state index is 11.1. The van der Waals surface area contributed by atoms with Crippen LogP contribution in [0.25, 0.3) is 11.3 Å². The minimum absolute atomic E-state index is 0.215. The molecule has 0 radical (unpaired) electrons. The van der Waals surface area contributed by atoms with E-state index in [0.717, 1.165) is 11.3 Å². The van der Waals surface area contributed by atoms with E-state index in [0.29, 0.717) is 23.6 Å². The first kappa shape index (κ1) is 17.3. The Kier molecular flexibility index (Phi) is 5.34. The van der Waals surface area contributed by atoms with Crippen molar-refractivity contribution in [1.29, 1.82) is 0 Å². The van der Waals surface area contributed by atoms with E-state index in [4.69, 9.17) is 14.3 Å². The van der Waals surface area contributed by atoms with Gasteiger partial charge in [-0.3, -0.25) is 0 Å². The first-order valence-corrected chi connectivity index (χ1v) is 7.99. The van der Waals surface area contributed by atoms with Crippen molar-refractivity contribution in [3.63, 3.8) is 0 Å². The highest BCUT2D eigenvalue weighted by molar-refractivity contribution is 5.89. The van der Waals surface area contributed by atoms with E-state index >= 15 is 0 Å². The Morgan fingerprint density at radius 3 is 2.85 bits per heavy atom. The van der Waals surface area contributed by atoms with E-state index in [-0.39, 0.29) is 5.56 Å². The fourth-order valence-electron chi connectivity index (χ4n) is 2.47. The number of hydrogen-bond donors (Lipinski definition) is 2. The number of aromatic carboxylic acids is 1. The second-order valence-corrected chi connectivity index (χ2v) is 5.49. The zero-order valence-electron chi connectivity index (χ0n) is 14.2. The van der Waals surface area contributed by atoms with Crippen molar-refractivity contribution in [3.05, 3.63) is 77.6 Å². The summed E-state index contributed by atoms with van der Waals surface area (Å²) in [5.74, 6) is 0.974. The van der Waals surface area contributed by atoms with Crippen LogP contribution in [-0.4, -0.2) is 24.4 Å². The highest BCUT2D eigenvalue weighted by atomic mass is 16.5. The van der Waals surface area contributed by atoms with Crippen molar-refractivity contribution in [2.75, 3.05) is 7.11 Å². The molecule has 0 aliphatic heterocycles. The molecule has 132 valence electrons. The smallest absolute Gasteiger partial charge is 0.335 e. The van der Waals surface area contributed by atoms with Crippen LogP contribution in [-0.2, 0) is 6.54 Å². The van der Waals surface area contributed by atoms with Crippen LogP contribution in [0.4, 0.5) is 0 Å². The summed E-state index contributed by atoms with van der Waals surface area (Å²) in [5, 5.41) is 13.2. The van der Waals surface area contributed by atoms with Gasteiger partial charge in [-0.25, -0.2) is 4.79 Å². The number of methoxy groups -OCH3 is 1. The lowest BCUT2D eigenvalue weighted by Gasteiger charge is -2.06. The topological polar surface area (TPSA) is 84.1 Å². The van der Waals surface area contributed by atoms with E-state index in [1.165, 1.54) is 0 Å². The predicted molar refractivity (Wildman–Crippen MR) is 98.5 cm³/mol. The quantitative estimate of drug-likeness (QED) is 0.500. The van der Waals surface area contributed by atoms with Crippen LogP contribution < -0.4 is 10.2 Å². The second kappa shape index (κ2) is 8.02. The van der Waals surface area contributed by atoms with Crippen molar-refractivity contribution in [2.24, 2.45) is 5.10 Å². The second-order valence-electron chi connectivity index (χ2n) is 5.49. The lowest BCUT2D eigenvalue weighted by atomic mass is 10.1. The van der Waals surface area contributed by atoms with Crippen molar-refractivity contribution >= 4 is 12.2 Å². The van der Waals surface area contributed by atoms with Gasteiger partial charge in [0.1, 0.15) is 17.3 Å².